The number of aryl methyl sites for hydroxylation is 2. The quantitative estimate of drug-likeness (QED) is 0.899. The molecule has 0 bridgehead atoms. The van der Waals surface area contributed by atoms with Crippen LogP contribution in [0.1, 0.15) is 25.1 Å². The van der Waals surface area contributed by atoms with Crippen LogP contribution in [0.4, 0.5) is 17.5 Å². The largest absolute Gasteiger partial charge is 0.341 e. The van der Waals surface area contributed by atoms with E-state index in [9.17, 15) is 0 Å². The molecule has 2 rings (SSSR count). The summed E-state index contributed by atoms with van der Waals surface area (Å²) in [6.07, 6.45) is 0. The number of rotatable bonds is 5. The summed E-state index contributed by atoms with van der Waals surface area (Å²) < 4.78 is 0. The summed E-state index contributed by atoms with van der Waals surface area (Å²) in [6, 6.07) is 10.2. The first-order valence-corrected chi connectivity index (χ1v) is 7.06. The molecule has 0 saturated carbocycles. The van der Waals surface area contributed by atoms with Crippen molar-refractivity contribution in [1.82, 2.24) is 9.97 Å². The number of aromatic nitrogens is 2. The molecule has 4 heteroatoms. The summed E-state index contributed by atoms with van der Waals surface area (Å²) in [5.74, 6) is 1.62. The standard InChI is InChI=1S/C16H22N4/c1-5-20(6-2)16-17-13(4)11-15(19-16)18-14-9-7-8-12(3)10-14/h7-11H,5-6H2,1-4H3,(H,17,18,19). The first-order valence-electron chi connectivity index (χ1n) is 7.06. The predicted molar refractivity (Wildman–Crippen MR) is 84.8 cm³/mol. The molecular formula is C16H22N4. The van der Waals surface area contributed by atoms with E-state index >= 15 is 0 Å². The molecule has 2 aromatic rings. The topological polar surface area (TPSA) is 41.1 Å². The highest BCUT2D eigenvalue weighted by Crippen LogP contribution is 2.19. The average Bonchev–Trinajstić information content (AvgIpc) is 2.39. The van der Waals surface area contributed by atoms with E-state index < -0.39 is 0 Å². The van der Waals surface area contributed by atoms with Crippen LogP contribution in [0.2, 0.25) is 0 Å². The van der Waals surface area contributed by atoms with E-state index in [1.54, 1.807) is 0 Å². The lowest BCUT2D eigenvalue weighted by atomic mass is 10.2. The Hall–Kier alpha value is -2.10. The fourth-order valence-corrected chi connectivity index (χ4v) is 2.14. The number of hydrogen-bond acceptors (Lipinski definition) is 4. The molecular weight excluding hydrogens is 248 g/mol. The Morgan fingerprint density at radius 1 is 1.05 bits per heavy atom. The van der Waals surface area contributed by atoms with Gasteiger partial charge in [0.1, 0.15) is 5.82 Å². The number of benzene rings is 1. The minimum atomic E-state index is 0.783. The lowest BCUT2D eigenvalue weighted by Gasteiger charge is -2.19. The van der Waals surface area contributed by atoms with Gasteiger partial charge in [0.25, 0.3) is 0 Å². The van der Waals surface area contributed by atoms with Crippen molar-refractivity contribution < 1.29 is 0 Å². The zero-order chi connectivity index (χ0) is 14.5. The van der Waals surface area contributed by atoms with Crippen molar-refractivity contribution in [3.05, 3.63) is 41.6 Å². The first kappa shape index (κ1) is 14.3. The van der Waals surface area contributed by atoms with Crippen molar-refractivity contribution in [2.24, 2.45) is 0 Å². The molecule has 0 saturated heterocycles. The van der Waals surface area contributed by atoms with Gasteiger partial charge >= 0.3 is 0 Å². The van der Waals surface area contributed by atoms with Gasteiger partial charge in [-0.15, -0.1) is 0 Å². The van der Waals surface area contributed by atoms with Crippen LogP contribution >= 0.6 is 0 Å². The molecule has 4 nitrogen and oxygen atoms in total. The van der Waals surface area contributed by atoms with E-state index in [1.165, 1.54) is 5.56 Å². The van der Waals surface area contributed by atoms with Crippen molar-refractivity contribution in [3.63, 3.8) is 0 Å². The van der Waals surface area contributed by atoms with Crippen LogP contribution in [-0.2, 0) is 0 Å². The van der Waals surface area contributed by atoms with Crippen LogP contribution < -0.4 is 10.2 Å². The minimum Gasteiger partial charge on any atom is -0.341 e. The van der Waals surface area contributed by atoms with Crippen molar-refractivity contribution in [3.8, 4) is 0 Å². The van der Waals surface area contributed by atoms with Crippen LogP contribution in [0.3, 0.4) is 0 Å². The maximum Gasteiger partial charge on any atom is 0.227 e. The lowest BCUT2D eigenvalue weighted by molar-refractivity contribution is 0.817. The van der Waals surface area contributed by atoms with Gasteiger partial charge in [0.2, 0.25) is 5.95 Å². The Kier molecular flexibility index (Phi) is 4.56. The summed E-state index contributed by atoms with van der Waals surface area (Å²) in [6.45, 7) is 10.1. The maximum atomic E-state index is 4.60. The molecule has 1 aromatic carbocycles. The van der Waals surface area contributed by atoms with Gasteiger partial charge in [-0.1, -0.05) is 12.1 Å². The van der Waals surface area contributed by atoms with Gasteiger partial charge < -0.3 is 10.2 Å². The Balaban J connectivity index is 2.28. The van der Waals surface area contributed by atoms with E-state index in [2.05, 4.69) is 53.1 Å². The lowest BCUT2D eigenvalue weighted by Crippen LogP contribution is -2.24. The summed E-state index contributed by atoms with van der Waals surface area (Å²) in [4.78, 5) is 11.3. The molecule has 0 radical (unpaired) electrons. The second-order valence-corrected chi connectivity index (χ2v) is 4.86. The number of nitrogens with zero attached hydrogens (tertiary/aromatic N) is 3. The van der Waals surface area contributed by atoms with Gasteiger partial charge in [0.15, 0.2) is 0 Å². The fraction of sp³-hybridized carbons (Fsp3) is 0.375. The molecule has 0 unspecified atom stereocenters. The highest BCUT2D eigenvalue weighted by Gasteiger charge is 2.08. The van der Waals surface area contributed by atoms with E-state index in [0.717, 1.165) is 36.2 Å². The third kappa shape index (κ3) is 3.47. The summed E-state index contributed by atoms with van der Waals surface area (Å²) in [5.41, 5.74) is 3.25. The van der Waals surface area contributed by atoms with Crippen molar-refractivity contribution in [2.45, 2.75) is 27.7 Å². The van der Waals surface area contributed by atoms with Crippen LogP contribution in [0.25, 0.3) is 0 Å². The van der Waals surface area contributed by atoms with Crippen LogP contribution in [0, 0.1) is 13.8 Å². The van der Waals surface area contributed by atoms with E-state index in [4.69, 9.17) is 0 Å². The van der Waals surface area contributed by atoms with E-state index in [1.807, 2.05) is 25.1 Å². The second kappa shape index (κ2) is 6.37. The van der Waals surface area contributed by atoms with Gasteiger partial charge in [-0.25, -0.2) is 4.98 Å². The zero-order valence-corrected chi connectivity index (χ0v) is 12.6. The Morgan fingerprint density at radius 3 is 2.45 bits per heavy atom. The molecule has 0 aliphatic rings. The molecule has 0 fully saturated rings. The van der Waals surface area contributed by atoms with E-state index in [0.29, 0.717) is 0 Å². The number of hydrogen-bond donors (Lipinski definition) is 1. The number of nitrogens with one attached hydrogen (secondary N) is 1. The Labute approximate surface area is 120 Å². The highest BCUT2D eigenvalue weighted by molar-refractivity contribution is 5.58. The molecule has 0 atom stereocenters. The Bertz CT molecular complexity index is 576. The number of anilines is 3. The van der Waals surface area contributed by atoms with Crippen LogP contribution in [0.15, 0.2) is 30.3 Å². The molecule has 1 aromatic heterocycles. The predicted octanol–water partition coefficient (Wildman–Crippen LogP) is 3.68. The summed E-state index contributed by atoms with van der Waals surface area (Å²) >= 11 is 0. The van der Waals surface area contributed by atoms with Gasteiger partial charge in [-0.3, -0.25) is 0 Å². The van der Waals surface area contributed by atoms with Gasteiger partial charge in [0, 0.05) is 30.5 Å². The normalized spacial score (nSPS) is 10.4. The molecule has 20 heavy (non-hydrogen) atoms. The molecule has 0 aliphatic heterocycles. The van der Waals surface area contributed by atoms with Crippen LogP contribution in [-0.4, -0.2) is 23.1 Å². The fourth-order valence-electron chi connectivity index (χ4n) is 2.14. The molecule has 0 amide bonds. The van der Waals surface area contributed by atoms with Crippen molar-refractivity contribution in [2.75, 3.05) is 23.3 Å². The minimum absolute atomic E-state index is 0.783. The molecule has 1 N–H and O–H groups in total. The molecule has 106 valence electrons. The summed E-state index contributed by atoms with van der Waals surface area (Å²) in [7, 11) is 0. The third-order valence-corrected chi connectivity index (χ3v) is 3.18. The van der Waals surface area contributed by atoms with Gasteiger partial charge in [0.05, 0.1) is 0 Å². The molecule has 0 aliphatic carbocycles. The summed E-state index contributed by atoms with van der Waals surface area (Å²) in [5, 5.41) is 3.35. The first-order chi connectivity index (χ1) is 9.62. The SMILES string of the molecule is CCN(CC)c1nc(C)cc(Nc2cccc(C)c2)n1. The highest BCUT2D eigenvalue weighted by atomic mass is 15.3. The second-order valence-electron chi connectivity index (χ2n) is 4.86. The molecule has 1 heterocycles. The van der Waals surface area contributed by atoms with Gasteiger partial charge in [-0.2, -0.15) is 4.98 Å². The van der Waals surface area contributed by atoms with Gasteiger partial charge in [-0.05, 0) is 45.4 Å². The average molecular weight is 270 g/mol. The molecule has 0 spiro atoms. The smallest absolute Gasteiger partial charge is 0.227 e. The van der Waals surface area contributed by atoms with Crippen molar-refractivity contribution >= 4 is 17.5 Å². The third-order valence-electron chi connectivity index (χ3n) is 3.18. The van der Waals surface area contributed by atoms with E-state index in [-0.39, 0.29) is 0 Å². The zero-order valence-electron chi connectivity index (χ0n) is 12.6. The monoisotopic (exact) mass is 270 g/mol. The van der Waals surface area contributed by atoms with Crippen molar-refractivity contribution in [1.29, 1.82) is 0 Å². The maximum absolute atomic E-state index is 4.60. The van der Waals surface area contributed by atoms with Crippen LogP contribution in [0.5, 0.6) is 0 Å². The Morgan fingerprint density at radius 2 is 1.80 bits per heavy atom.